The van der Waals surface area contributed by atoms with Crippen LogP contribution >= 0.6 is 0 Å². The molecule has 20 heavy (non-hydrogen) atoms. The van der Waals surface area contributed by atoms with Crippen molar-refractivity contribution in [2.75, 3.05) is 11.9 Å². The number of anilines is 1. The van der Waals surface area contributed by atoms with Gasteiger partial charge in [0.15, 0.2) is 0 Å². The zero-order chi connectivity index (χ0) is 14.1. The summed E-state index contributed by atoms with van der Waals surface area (Å²) in [6.45, 7) is 0.153. The van der Waals surface area contributed by atoms with E-state index in [9.17, 15) is 9.50 Å². The molecule has 2 fully saturated rings. The second kappa shape index (κ2) is 5.36. The van der Waals surface area contributed by atoms with Crippen molar-refractivity contribution in [3.05, 3.63) is 30.1 Å². The van der Waals surface area contributed by atoms with Gasteiger partial charge in [0, 0.05) is 5.69 Å². The van der Waals surface area contributed by atoms with Crippen LogP contribution in [-0.2, 0) is 0 Å². The Morgan fingerprint density at radius 1 is 0.950 bits per heavy atom. The first-order valence-corrected chi connectivity index (χ1v) is 7.80. The van der Waals surface area contributed by atoms with Crippen LogP contribution in [0.25, 0.3) is 0 Å². The summed E-state index contributed by atoms with van der Waals surface area (Å²) >= 11 is 0. The van der Waals surface area contributed by atoms with Crippen molar-refractivity contribution in [2.24, 2.45) is 5.41 Å². The van der Waals surface area contributed by atoms with Crippen molar-refractivity contribution in [3.8, 4) is 0 Å². The molecule has 2 saturated carbocycles. The molecule has 2 N–H and O–H groups in total. The van der Waals surface area contributed by atoms with Gasteiger partial charge < -0.3 is 10.4 Å². The SMILES string of the molecule is OCC1(Nc2ccc(F)cc2)CCC2(CCCC2)CC1. The van der Waals surface area contributed by atoms with Crippen molar-refractivity contribution in [2.45, 2.75) is 56.9 Å². The Bertz CT molecular complexity index is 441. The highest BCUT2D eigenvalue weighted by Crippen LogP contribution is 2.51. The van der Waals surface area contributed by atoms with Gasteiger partial charge in [-0.05, 0) is 68.2 Å². The highest BCUT2D eigenvalue weighted by Gasteiger charge is 2.43. The van der Waals surface area contributed by atoms with E-state index >= 15 is 0 Å². The van der Waals surface area contributed by atoms with E-state index in [1.54, 1.807) is 12.1 Å². The van der Waals surface area contributed by atoms with Gasteiger partial charge in [-0.2, -0.15) is 0 Å². The van der Waals surface area contributed by atoms with E-state index in [1.165, 1.54) is 50.7 Å². The monoisotopic (exact) mass is 277 g/mol. The quantitative estimate of drug-likeness (QED) is 0.871. The van der Waals surface area contributed by atoms with Gasteiger partial charge in [-0.25, -0.2) is 4.39 Å². The number of aliphatic hydroxyl groups excluding tert-OH is 1. The Hall–Kier alpha value is -1.09. The molecule has 0 heterocycles. The fourth-order valence-corrected chi connectivity index (χ4v) is 4.05. The molecule has 0 atom stereocenters. The van der Waals surface area contributed by atoms with Crippen LogP contribution in [0.3, 0.4) is 0 Å². The number of hydrogen-bond acceptors (Lipinski definition) is 2. The van der Waals surface area contributed by atoms with Crippen molar-refractivity contribution in [1.29, 1.82) is 0 Å². The third-order valence-corrected chi connectivity index (χ3v) is 5.49. The molecule has 2 aliphatic rings. The lowest BCUT2D eigenvalue weighted by molar-refractivity contribution is 0.100. The summed E-state index contributed by atoms with van der Waals surface area (Å²) in [4.78, 5) is 0. The van der Waals surface area contributed by atoms with Gasteiger partial charge in [0.05, 0.1) is 12.1 Å². The van der Waals surface area contributed by atoms with E-state index in [0.717, 1.165) is 18.5 Å². The molecule has 1 aromatic rings. The van der Waals surface area contributed by atoms with E-state index in [4.69, 9.17) is 0 Å². The van der Waals surface area contributed by atoms with Crippen molar-refractivity contribution in [1.82, 2.24) is 0 Å². The van der Waals surface area contributed by atoms with Crippen LogP contribution in [0.2, 0.25) is 0 Å². The second-order valence-corrected chi connectivity index (χ2v) is 6.78. The van der Waals surface area contributed by atoms with Gasteiger partial charge in [0.2, 0.25) is 0 Å². The summed E-state index contributed by atoms with van der Waals surface area (Å²) in [7, 11) is 0. The summed E-state index contributed by atoms with van der Waals surface area (Å²) in [5.41, 5.74) is 1.25. The lowest BCUT2D eigenvalue weighted by Gasteiger charge is -2.45. The molecular weight excluding hydrogens is 253 g/mol. The second-order valence-electron chi connectivity index (χ2n) is 6.78. The van der Waals surface area contributed by atoms with Crippen molar-refractivity contribution < 1.29 is 9.50 Å². The summed E-state index contributed by atoms with van der Waals surface area (Å²) in [5.74, 6) is -0.220. The number of aliphatic hydroxyl groups is 1. The fourth-order valence-electron chi connectivity index (χ4n) is 4.05. The summed E-state index contributed by atoms with van der Waals surface area (Å²) in [5, 5.41) is 13.3. The molecule has 2 nitrogen and oxygen atoms in total. The summed E-state index contributed by atoms with van der Waals surface area (Å²) in [6.07, 6.45) is 9.93. The number of hydrogen-bond donors (Lipinski definition) is 2. The smallest absolute Gasteiger partial charge is 0.123 e. The minimum atomic E-state index is -0.220. The number of nitrogens with one attached hydrogen (secondary N) is 1. The maximum absolute atomic E-state index is 13.0. The summed E-state index contributed by atoms with van der Waals surface area (Å²) in [6, 6.07) is 6.45. The zero-order valence-electron chi connectivity index (χ0n) is 12.0. The van der Waals surface area contributed by atoms with E-state index < -0.39 is 0 Å². The number of halogens is 1. The largest absolute Gasteiger partial charge is 0.394 e. The number of rotatable bonds is 3. The standard InChI is InChI=1S/C17H24FNO/c18-14-3-5-15(6-4-14)19-17(13-20)11-9-16(10-12-17)7-1-2-8-16/h3-6,19-20H,1-2,7-13H2. The van der Waals surface area contributed by atoms with Crippen LogP contribution in [0.1, 0.15) is 51.4 Å². The Labute approximate surface area is 120 Å². The van der Waals surface area contributed by atoms with Gasteiger partial charge in [-0.3, -0.25) is 0 Å². The average molecular weight is 277 g/mol. The van der Waals surface area contributed by atoms with Crippen LogP contribution < -0.4 is 5.32 Å². The molecule has 0 unspecified atom stereocenters. The van der Waals surface area contributed by atoms with Gasteiger partial charge in [0.1, 0.15) is 5.82 Å². The molecule has 3 rings (SSSR count). The van der Waals surface area contributed by atoms with Crippen LogP contribution in [0.15, 0.2) is 24.3 Å². The Kier molecular flexibility index (Phi) is 3.72. The molecule has 3 heteroatoms. The molecule has 1 aromatic carbocycles. The first kappa shape index (κ1) is 13.9. The Balaban J connectivity index is 1.68. The highest BCUT2D eigenvalue weighted by molar-refractivity contribution is 5.45. The van der Waals surface area contributed by atoms with E-state index in [2.05, 4.69) is 5.32 Å². The maximum atomic E-state index is 13.0. The fraction of sp³-hybridized carbons (Fsp3) is 0.647. The lowest BCUT2D eigenvalue weighted by Crippen LogP contribution is -2.47. The minimum Gasteiger partial charge on any atom is -0.394 e. The molecule has 2 aliphatic carbocycles. The molecule has 0 aromatic heterocycles. The Morgan fingerprint density at radius 2 is 1.55 bits per heavy atom. The Morgan fingerprint density at radius 3 is 2.10 bits per heavy atom. The van der Waals surface area contributed by atoms with Crippen molar-refractivity contribution in [3.63, 3.8) is 0 Å². The van der Waals surface area contributed by atoms with Gasteiger partial charge >= 0.3 is 0 Å². The molecule has 1 spiro atoms. The molecule has 110 valence electrons. The number of benzene rings is 1. The third kappa shape index (κ3) is 2.69. The lowest BCUT2D eigenvalue weighted by atomic mass is 9.66. The zero-order valence-corrected chi connectivity index (χ0v) is 12.0. The van der Waals surface area contributed by atoms with E-state index in [1.807, 2.05) is 0 Å². The predicted octanol–water partition coefficient (Wildman–Crippen LogP) is 4.10. The molecule has 0 radical (unpaired) electrons. The van der Waals surface area contributed by atoms with Crippen LogP contribution in [-0.4, -0.2) is 17.3 Å². The average Bonchev–Trinajstić information content (AvgIpc) is 2.93. The van der Waals surface area contributed by atoms with Gasteiger partial charge in [0.25, 0.3) is 0 Å². The van der Waals surface area contributed by atoms with Crippen LogP contribution in [0.4, 0.5) is 10.1 Å². The molecular formula is C17H24FNO. The van der Waals surface area contributed by atoms with Crippen LogP contribution in [0, 0.1) is 11.2 Å². The minimum absolute atomic E-state index is 0.153. The first-order valence-electron chi connectivity index (χ1n) is 7.80. The first-order chi connectivity index (χ1) is 9.65. The van der Waals surface area contributed by atoms with Crippen LogP contribution in [0.5, 0.6) is 0 Å². The molecule has 0 bridgehead atoms. The van der Waals surface area contributed by atoms with Gasteiger partial charge in [-0.15, -0.1) is 0 Å². The summed E-state index contributed by atoms with van der Waals surface area (Å²) < 4.78 is 13.0. The van der Waals surface area contributed by atoms with Gasteiger partial charge in [-0.1, -0.05) is 12.8 Å². The molecule has 0 aliphatic heterocycles. The third-order valence-electron chi connectivity index (χ3n) is 5.49. The normalized spacial score (nSPS) is 23.9. The molecule has 0 saturated heterocycles. The van der Waals surface area contributed by atoms with E-state index in [0.29, 0.717) is 5.41 Å². The highest BCUT2D eigenvalue weighted by atomic mass is 19.1. The topological polar surface area (TPSA) is 32.3 Å². The van der Waals surface area contributed by atoms with E-state index in [-0.39, 0.29) is 18.0 Å². The molecule has 0 amide bonds. The maximum Gasteiger partial charge on any atom is 0.123 e. The predicted molar refractivity (Wildman–Crippen MR) is 79.2 cm³/mol. The van der Waals surface area contributed by atoms with Crippen molar-refractivity contribution >= 4 is 5.69 Å².